The molecule has 0 atom stereocenters. The number of rotatable bonds is 5. The van der Waals surface area contributed by atoms with Crippen molar-refractivity contribution in [2.75, 3.05) is 0 Å². The van der Waals surface area contributed by atoms with Crippen LogP contribution in [0.5, 0.6) is 5.75 Å². The van der Waals surface area contributed by atoms with Crippen LogP contribution < -0.4 is 4.74 Å². The average molecular weight is 402 g/mol. The van der Waals surface area contributed by atoms with Crippen LogP contribution in [-0.4, -0.2) is 15.4 Å². The van der Waals surface area contributed by atoms with Gasteiger partial charge in [0, 0.05) is 10.6 Å². The number of hydrogen-bond acceptors (Lipinski definition) is 6. The Bertz CT molecular complexity index is 1070. The van der Waals surface area contributed by atoms with Crippen LogP contribution in [0.25, 0.3) is 22.7 Å². The van der Waals surface area contributed by atoms with E-state index in [2.05, 4.69) is 15.4 Å². The van der Waals surface area contributed by atoms with Gasteiger partial charge in [0.05, 0.1) is 5.02 Å². The normalized spacial score (nSPS) is 10.9. The number of halogens is 2. The quantitative estimate of drug-likeness (QED) is 0.434. The topological polar surface area (TPSA) is 74.2 Å². The maximum absolute atomic E-state index is 6.28. The first-order valence-electron chi connectivity index (χ1n) is 8.04. The van der Waals surface area contributed by atoms with E-state index in [0.29, 0.717) is 44.6 Å². The molecule has 0 aliphatic carbocycles. The molecule has 0 aliphatic rings. The van der Waals surface area contributed by atoms with Gasteiger partial charge in [-0.15, -0.1) is 10.2 Å². The van der Waals surface area contributed by atoms with Gasteiger partial charge in [0.15, 0.2) is 6.61 Å². The predicted octanol–water partition coefficient (Wildman–Crippen LogP) is 5.59. The van der Waals surface area contributed by atoms with Crippen LogP contribution in [0.15, 0.2) is 57.5 Å². The molecule has 0 bridgehead atoms. The predicted molar refractivity (Wildman–Crippen MR) is 101 cm³/mol. The molecule has 0 aliphatic heterocycles. The van der Waals surface area contributed by atoms with E-state index < -0.39 is 0 Å². The first-order chi connectivity index (χ1) is 13.1. The van der Waals surface area contributed by atoms with E-state index in [1.54, 1.807) is 37.3 Å². The molecule has 136 valence electrons. The molecule has 2 aromatic carbocycles. The van der Waals surface area contributed by atoms with Crippen molar-refractivity contribution in [3.63, 3.8) is 0 Å². The zero-order valence-electron chi connectivity index (χ0n) is 14.1. The minimum Gasteiger partial charge on any atom is -0.484 e. The third kappa shape index (κ3) is 3.67. The monoisotopic (exact) mass is 401 g/mol. The van der Waals surface area contributed by atoms with Crippen molar-refractivity contribution in [1.82, 2.24) is 15.4 Å². The molecule has 4 rings (SSSR count). The molecule has 0 saturated carbocycles. The van der Waals surface area contributed by atoms with Crippen molar-refractivity contribution in [3.8, 4) is 28.5 Å². The molecule has 27 heavy (non-hydrogen) atoms. The second-order valence-corrected chi connectivity index (χ2v) is 6.53. The molecule has 2 aromatic heterocycles. The van der Waals surface area contributed by atoms with Gasteiger partial charge in [0.1, 0.15) is 22.8 Å². The van der Waals surface area contributed by atoms with Gasteiger partial charge >= 0.3 is 0 Å². The Labute approximate surface area is 164 Å². The summed E-state index contributed by atoms with van der Waals surface area (Å²) in [5, 5.41) is 13.4. The number of aromatic nitrogens is 3. The van der Waals surface area contributed by atoms with E-state index in [0.717, 1.165) is 5.56 Å². The smallest absolute Gasteiger partial charge is 0.254 e. The van der Waals surface area contributed by atoms with Gasteiger partial charge in [-0.3, -0.25) is 0 Å². The zero-order valence-corrected chi connectivity index (χ0v) is 15.7. The van der Waals surface area contributed by atoms with Crippen molar-refractivity contribution in [2.24, 2.45) is 0 Å². The molecule has 2 heterocycles. The van der Waals surface area contributed by atoms with Gasteiger partial charge in [-0.05, 0) is 37.3 Å². The van der Waals surface area contributed by atoms with E-state index in [4.69, 9.17) is 36.9 Å². The maximum Gasteiger partial charge on any atom is 0.254 e. The summed E-state index contributed by atoms with van der Waals surface area (Å²) in [6.45, 7) is 1.90. The van der Waals surface area contributed by atoms with E-state index in [1.807, 2.05) is 18.2 Å². The van der Waals surface area contributed by atoms with E-state index in [9.17, 15) is 0 Å². The fourth-order valence-electron chi connectivity index (χ4n) is 2.55. The van der Waals surface area contributed by atoms with Crippen molar-refractivity contribution < 1.29 is 13.7 Å². The fraction of sp³-hybridized carbons (Fsp3) is 0.105. The lowest BCUT2D eigenvalue weighted by molar-refractivity contribution is 0.264. The Morgan fingerprint density at radius 1 is 1.00 bits per heavy atom. The van der Waals surface area contributed by atoms with E-state index >= 15 is 0 Å². The van der Waals surface area contributed by atoms with E-state index in [-0.39, 0.29) is 6.61 Å². The molecule has 0 amide bonds. The molecule has 0 saturated heterocycles. The van der Waals surface area contributed by atoms with Crippen molar-refractivity contribution >= 4 is 23.2 Å². The lowest BCUT2D eigenvalue weighted by Gasteiger charge is -2.03. The minimum atomic E-state index is 0.125. The molecule has 0 N–H and O–H groups in total. The van der Waals surface area contributed by atoms with Crippen LogP contribution in [0, 0.1) is 6.92 Å². The van der Waals surface area contributed by atoms with Crippen molar-refractivity contribution in [2.45, 2.75) is 13.5 Å². The Balaban J connectivity index is 1.59. The van der Waals surface area contributed by atoms with Crippen LogP contribution in [0.2, 0.25) is 10.0 Å². The molecule has 0 unspecified atom stereocenters. The summed E-state index contributed by atoms with van der Waals surface area (Å²) in [6, 6.07) is 14.4. The fourth-order valence-corrected chi connectivity index (χ4v) is 2.90. The summed E-state index contributed by atoms with van der Waals surface area (Å²) in [6.07, 6.45) is 0. The maximum atomic E-state index is 6.28. The first kappa shape index (κ1) is 17.6. The Morgan fingerprint density at radius 2 is 1.78 bits per heavy atom. The number of benzene rings is 2. The number of hydrogen-bond donors (Lipinski definition) is 0. The molecule has 0 fully saturated rings. The zero-order chi connectivity index (χ0) is 18.8. The Kier molecular flexibility index (Phi) is 4.83. The number of aryl methyl sites for hydroxylation is 1. The highest BCUT2D eigenvalue weighted by molar-refractivity contribution is 6.33. The van der Waals surface area contributed by atoms with Crippen LogP contribution >= 0.6 is 23.2 Å². The van der Waals surface area contributed by atoms with Gasteiger partial charge in [0.2, 0.25) is 0 Å². The molecule has 0 spiro atoms. The van der Waals surface area contributed by atoms with Crippen LogP contribution in [0.4, 0.5) is 0 Å². The average Bonchev–Trinajstić information content (AvgIpc) is 3.28. The van der Waals surface area contributed by atoms with Crippen LogP contribution in [-0.2, 0) is 6.61 Å². The van der Waals surface area contributed by atoms with Gasteiger partial charge in [-0.25, -0.2) is 0 Å². The van der Waals surface area contributed by atoms with Crippen molar-refractivity contribution in [1.29, 1.82) is 0 Å². The SMILES string of the molecule is Cc1onc(-c2ccccc2Cl)c1-c1nnc(COc2ccc(Cl)cc2)o1. The molecule has 6 nitrogen and oxygen atoms in total. The molecular weight excluding hydrogens is 389 g/mol. The van der Waals surface area contributed by atoms with Crippen molar-refractivity contribution in [3.05, 3.63) is 70.2 Å². The van der Waals surface area contributed by atoms with Gasteiger partial charge in [0.25, 0.3) is 11.8 Å². The third-order valence-electron chi connectivity index (χ3n) is 3.85. The largest absolute Gasteiger partial charge is 0.484 e. The summed E-state index contributed by atoms with van der Waals surface area (Å²) in [4.78, 5) is 0. The second-order valence-electron chi connectivity index (χ2n) is 5.69. The Hall–Kier alpha value is -2.83. The molecular formula is C19H13Cl2N3O3. The summed E-state index contributed by atoms with van der Waals surface area (Å²) < 4.78 is 16.7. The molecule has 4 aromatic rings. The Morgan fingerprint density at radius 3 is 2.56 bits per heavy atom. The highest BCUT2D eigenvalue weighted by Crippen LogP contribution is 2.36. The molecule has 0 radical (unpaired) electrons. The van der Waals surface area contributed by atoms with Gasteiger partial charge in [-0.1, -0.05) is 46.6 Å². The number of ether oxygens (including phenoxy) is 1. The highest BCUT2D eigenvalue weighted by atomic mass is 35.5. The second kappa shape index (κ2) is 7.42. The van der Waals surface area contributed by atoms with E-state index in [1.165, 1.54) is 0 Å². The van der Waals surface area contributed by atoms with Gasteiger partial charge in [-0.2, -0.15) is 0 Å². The minimum absolute atomic E-state index is 0.125. The lowest BCUT2D eigenvalue weighted by Crippen LogP contribution is -1.95. The summed E-state index contributed by atoms with van der Waals surface area (Å²) >= 11 is 12.1. The summed E-state index contributed by atoms with van der Waals surface area (Å²) in [5.41, 5.74) is 1.88. The summed E-state index contributed by atoms with van der Waals surface area (Å²) in [5.74, 6) is 1.82. The third-order valence-corrected chi connectivity index (χ3v) is 4.43. The first-order valence-corrected chi connectivity index (χ1v) is 8.79. The lowest BCUT2D eigenvalue weighted by atomic mass is 10.1. The van der Waals surface area contributed by atoms with Gasteiger partial charge < -0.3 is 13.7 Å². The van der Waals surface area contributed by atoms with Crippen LogP contribution in [0.3, 0.4) is 0 Å². The number of nitrogens with zero attached hydrogens (tertiary/aromatic N) is 3. The highest BCUT2D eigenvalue weighted by Gasteiger charge is 2.23. The summed E-state index contributed by atoms with van der Waals surface area (Å²) in [7, 11) is 0. The molecule has 8 heteroatoms. The standard InChI is InChI=1S/C19H13Cl2N3O3/c1-11-17(18(24-27-11)14-4-2-3-5-15(14)21)19-23-22-16(26-19)10-25-13-8-6-12(20)7-9-13/h2-9H,10H2,1H3. The van der Waals surface area contributed by atoms with Crippen LogP contribution in [0.1, 0.15) is 11.7 Å².